The highest BCUT2D eigenvalue weighted by Crippen LogP contribution is 2.19. The smallest absolute Gasteiger partial charge is 0.251 e. The van der Waals surface area contributed by atoms with E-state index in [9.17, 15) is 4.79 Å². The standard InChI is InChI=1S/C16H25N3O/c1-3-7-14-10-12(11-15(18-14)17-4-2)16(20)19-13-8-5-6-9-13/h10-11,13H,3-9H2,1-2H3,(H,17,18)(H,19,20). The third-order valence-electron chi connectivity index (χ3n) is 3.70. The Kier molecular flexibility index (Phi) is 5.39. The van der Waals surface area contributed by atoms with Crippen LogP contribution in [-0.4, -0.2) is 23.5 Å². The van der Waals surface area contributed by atoms with Crippen LogP contribution >= 0.6 is 0 Å². The number of hydrogen-bond donors (Lipinski definition) is 2. The van der Waals surface area contributed by atoms with E-state index >= 15 is 0 Å². The van der Waals surface area contributed by atoms with Crippen LogP contribution in [0.2, 0.25) is 0 Å². The molecule has 1 aliphatic carbocycles. The van der Waals surface area contributed by atoms with Gasteiger partial charge >= 0.3 is 0 Å². The molecule has 0 saturated heterocycles. The Balaban J connectivity index is 2.12. The molecule has 1 saturated carbocycles. The largest absolute Gasteiger partial charge is 0.370 e. The van der Waals surface area contributed by atoms with Gasteiger partial charge in [0.05, 0.1) is 0 Å². The third-order valence-corrected chi connectivity index (χ3v) is 3.70. The summed E-state index contributed by atoms with van der Waals surface area (Å²) < 4.78 is 0. The van der Waals surface area contributed by atoms with Crippen LogP contribution in [0.3, 0.4) is 0 Å². The Hall–Kier alpha value is -1.58. The normalized spacial score (nSPS) is 15.3. The number of carbonyl (C=O) groups excluding carboxylic acids is 1. The topological polar surface area (TPSA) is 54.0 Å². The first-order chi connectivity index (χ1) is 9.72. The lowest BCUT2D eigenvalue weighted by Crippen LogP contribution is -2.32. The lowest BCUT2D eigenvalue weighted by Gasteiger charge is -2.13. The molecule has 20 heavy (non-hydrogen) atoms. The molecule has 0 bridgehead atoms. The maximum absolute atomic E-state index is 12.3. The van der Waals surface area contributed by atoms with E-state index in [1.54, 1.807) is 0 Å². The molecule has 0 aliphatic heterocycles. The molecular weight excluding hydrogens is 250 g/mol. The fourth-order valence-corrected chi connectivity index (χ4v) is 2.71. The van der Waals surface area contributed by atoms with Crippen molar-refractivity contribution in [3.8, 4) is 0 Å². The highest BCUT2D eigenvalue weighted by atomic mass is 16.1. The lowest BCUT2D eigenvalue weighted by atomic mass is 10.1. The molecule has 0 atom stereocenters. The molecule has 4 heteroatoms. The fourth-order valence-electron chi connectivity index (χ4n) is 2.71. The van der Waals surface area contributed by atoms with E-state index < -0.39 is 0 Å². The molecule has 2 rings (SSSR count). The molecule has 1 aliphatic rings. The summed E-state index contributed by atoms with van der Waals surface area (Å²) in [6.07, 6.45) is 6.61. The van der Waals surface area contributed by atoms with Crippen molar-refractivity contribution in [2.45, 2.75) is 58.4 Å². The Morgan fingerprint density at radius 2 is 2.05 bits per heavy atom. The number of hydrogen-bond acceptors (Lipinski definition) is 3. The summed E-state index contributed by atoms with van der Waals surface area (Å²) in [6, 6.07) is 4.13. The molecular formula is C16H25N3O. The molecule has 1 fully saturated rings. The number of nitrogens with zero attached hydrogens (tertiary/aromatic N) is 1. The number of rotatable bonds is 6. The minimum atomic E-state index is 0.0378. The van der Waals surface area contributed by atoms with E-state index in [0.717, 1.165) is 49.3 Å². The highest BCUT2D eigenvalue weighted by Gasteiger charge is 2.18. The molecule has 1 aromatic rings. The molecule has 0 radical (unpaired) electrons. The van der Waals surface area contributed by atoms with Crippen LogP contribution in [-0.2, 0) is 6.42 Å². The molecule has 4 nitrogen and oxygen atoms in total. The first kappa shape index (κ1) is 14.8. The summed E-state index contributed by atoms with van der Waals surface area (Å²) in [7, 11) is 0. The van der Waals surface area contributed by atoms with Crippen molar-refractivity contribution in [3.63, 3.8) is 0 Å². The molecule has 0 aromatic carbocycles. The first-order valence-corrected chi connectivity index (χ1v) is 7.78. The minimum absolute atomic E-state index is 0.0378. The molecule has 1 amide bonds. The lowest BCUT2D eigenvalue weighted by molar-refractivity contribution is 0.0937. The van der Waals surface area contributed by atoms with E-state index in [-0.39, 0.29) is 5.91 Å². The number of nitrogens with one attached hydrogen (secondary N) is 2. The van der Waals surface area contributed by atoms with Crippen molar-refractivity contribution in [1.82, 2.24) is 10.3 Å². The fraction of sp³-hybridized carbons (Fsp3) is 0.625. The predicted molar refractivity (Wildman–Crippen MR) is 82.1 cm³/mol. The maximum Gasteiger partial charge on any atom is 0.251 e. The number of pyridine rings is 1. The SMILES string of the molecule is CCCc1cc(C(=O)NC2CCCC2)cc(NCC)n1. The summed E-state index contributed by atoms with van der Waals surface area (Å²) in [5.41, 5.74) is 1.72. The Morgan fingerprint density at radius 1 is 1.30 bits per heavy atom. The van der Waals surface area contributed by atoms with Crippen molar-refractivity contribution >= 4 is 11.7 Å². The summed E-state index contributed by atoms with van der Waals surface area (Å²) in [5, 5.41) is 6.34. The number of aryl methyl sites for hydroxylation is 1. The van der Waals surface area contributed by atoms with Crippen molar-refractivity contribution in [1.29, 1.82) is 0 Å². The Labute approximate surface area is 121 Å². The zero-order valence-corrected chi connectivity index (χ0v) is 12.5. The molecule has 1 heterocycles. The molecule has 110 valence electrons. The van der Waals surface area contributed by atoms with Gasteiger partial charge in [0.1, 0.15) is 5.82 Å². The van der Waals surface area contributed by atoms with Crippen LogP contribution in [0.5, 0.6) is 0 Å². The van der Waals surface area contributed by atoms with Crippen LogP contribution < -0.4 is 10.6 Å². The van der Waals surface area contributed by atoms with Gasteiger partial charge in [0.25, 0.3) is 5.91 Å². The monoisotopic (exact) mass is 275 g/mol. The number of anilines is 1. The second kappa shape index (κ2) is 7.27. The third kappa shape index (κ3) is 3.95. The Bertz CT molecular complexity index is 429. The average molecular weight is 275 g/mol. The molecule has 1 aromatic heterocycles. The molecule has 0 unspecified atom stereocenters. The van der Waals surface area contributed by atoms with E-state index in [1.807, 2.05) is 19.1 Å². The summed E-state index contributed by atoms with van der Waals surface area (Å²) in [5.74, 6) is 0.839. The van der Waals surface area contributed by atoms with Crippen LogP contribution in [0.25, 0.3) is 0 Å². The first-order valence-electron chi connectivity index (χ1n) is 7.78. The molecule has 0 spiro atoms. The van der Waals surface area contributed by atoms with Gasteiger partial charge < -0.3 is 10.6 Å². The summed E-state index contributed by atoms with van der Waals surface area (Å²) in [4.78, 5) is 16.9. The van der Waals surface area contributed by atoms with Gasteiger partial charge in [0.2, 0.25) is 0 Å². The van der Waals surface area contributed by atoms with E-state index in [1.165, 1.54) is 12.8 Å². The quantitative estimate of drug-likeness (QED) is 0.838. The summed E-state index contributed by atoms with van der Waals surface area (Å²) in [6.45, 7) is 4.97. The number of amides is 1. The van der Waals surface area contributed by atoms with Gasteiger partial charge in [0, 0.05) is 23.8 Å². The van der Waals surface area contributed by atoms with Crippen LogP contribution in [0.4, 0.5) is 5.82 Å². The van der Waals surface area contributed by atoms with Crippen LogP contribution in [0.1, 0.15) is 62.0 Å². The van der Waals surface area contributed by atoms with Crippen molar-refractivity contribution < 1.29 is 4.79 Å². The molecule has 2 N–H and O–H groups in total. The second-order valence-electron chi connectivity index (χ2n) is 5.47. The van der Waals surface area contributed by atoms with Gasteiger partial charge in [-0.3, -0.25) is 4.79 Å². The highest BCUT2D eigenvalue weighted by molar-refractivity contribution is 5.95. The van der Waals surface area contributed by atoms with Gasteiger partial charge in [0.15, 0.2) is 0 Å². The second-order valence-corrected chi connectivity index (χ2v) is 5.47. The van der Waals surface area contributed by atoms with Crippen molar-refractivity contribution in [3.05, 3.63) is 23.4 Å². The van der Waals surface area contributed by atoms with Gasteiger partial charge in [-0.05, 0) is 38.3 Å². The maximum atomic E-state index is 12.3. The van der Waals surface area contributed by atoms with E-state index in [4.69, 9.17) is 0 Å². The zero-order valence-electron chi connectivity index (χ0n) is 12.5. The average Bonchev–Trinajstić information content (AvgIpc) is 2.92. The van der Waals surface area contributed by atoms with Crippen molar-refractivity contribution in [2.75, 3.05) is 11.9 Å². The summed E-state index contributed by atoms with van der Waals surface area (Å²) >= 11 is 0. The Morgan fingerprint density at radius 3 is 2.70 bits per heavy atom. The number of carbonyl (C=O) groups is 1. The van der Waals surface area contributed by atoms with Gasteiger partial charge in [-0.25, -0.2) is 4.98 Å². The zero-order chi connectivity index (χ0) is 14.4. The van der Waals surface area contributed by atoms with Crippen molar-refractivity contribution in [2.24, 2.45) is 0 Å². The van der Waals surface area contributed by atoms with Crippen LogP contribution in [0.15, 0.2) is 12.1 Å². The van der Waals surface area contributed by atoms with E-state index in [0.29, 0.717) is 6.04 Å². The number of aromatic nitrogens is 1. The predicted octanol–water partition coefficient (Wildman–Crippen LogP) is 3.14. The van der Waals surface area contributed by atoms with Gasteiger partial charge in [-0.2, -0.15) is 0 Å². The van der Waals surface area contributed by atoms with Crippen LogP contribution in [0, 0.1) is 0 Å². The minimum Gasteiger partial charge on any atom is -0.370 e. The van der Waals surface area contributed by atoms with Gasteiger partial charge in [-0.15, -0.1) is 0 Å². The van der Waals surface area contributed by atoms with E-state index in [2.05, 4.69) is 22.5 Å². The van der Waals surface area contributed by atoms with Gasteiger partial charge in [-0.1, -0.05) is 26.2 Å².